The topological polar surface area (TPSA) is 72.8 Å². The lowest BCUT2D eigenvalue weighted by molar-refractivity contribution is -0.161. The van der Waals surface area contributed by atoms with E-state index in [4.69, 9.17) is 9.47 Å². The number of aliphatic hydroxyl groups excluding tert-OH is 1. The van der Waals surface area contributed by atoms with E-state index in [0.717, 1.165) is 70.6 Å². The second-order valence-electron chi connectivity index (χ2n) is 11.9. The molecule has 0 radical (unpaired) electrons. The minimum absolute atomic E-state index is 0.0687. The zero-order chi connectivity index (χ0) is 32.2. The lowest BCUT2D eigenvalue weighted by atomic mass is 10.1. The number of unbranched alkanes of at least 4 members (excludes halogenated alkanes) is 16. The third kappa shape index (κ3) is 32.8. The van der Waals surface area contributed by atoms with E-state index in [1.807, 2.05) is 0 Å². The summed E-state index contributed by atoms with van der Waals surface area (Å²) in [6.07, 6.45) is 43.1. The fraction of sp³-hybridized carbons (Fsp3) is 0.744. The first-order chi connectivity index (χ1) is 21.6. The zero-order valence-corrected chi connectivity index (χ0v) is 28.7. The number of esters is 2. The van der Waals surface area contributed by atoms with Crippen molar-refractivity contribution in [2.75, 3.05) is 13.2 Å². The summed E-state index contributed by atoms with van der Waals surface area (Å²) >= 11 is 0. The molecule has 0 spiro atoms. The monoisotopic (exact) mass is 617 g/mol. The molecular formula is C39H68O5. The molecule has 0 aliphatic rings. The van der Waals surface area contributed by atoms with E-state index >= 15 is 0 Å². The molecule has 1 atom stereocenters. The van der Waals surface area contributed by atoms with Gasteiger partial charge in [-0.25, -0.2) is 0 Å². The summed E-state index contributed by atoms with van der Waals surface area (Å²) in [6, 6.07) is 0. The quantitative estimate of drug-likeness (QED) is 0.0462. The lowest BCUT2D eigenvalue weighted by Crippen LogP contribution is -2.28. The second-order valence-corrected chi connectivity index (χ2v) is 11.9. The highest BCUT2D eigenvalue weighted by molar-refractivity contribution is 5.70. The smallest absolute Gasteiger partial charge is 0.306 e. The van der Waals surface area contributed by atoms with Gasteiger partial charge in [-0.1, -0.05) is 152 Å². The Balaban J connectivity index is 3.58. The van der Waals surface area contributed by atoms with E-state index in [1.165, 1.54) is 70.6 Å². The molecule has 0 aliphatic carbocycles. The van der Waals surface area contributed by atoms with Gasteiger partial charge in [-0.05, 0) is 51.4 Å². The van der Waals surface area contributed by atoms with Crippen molar-refractivity contribution < 1.29 is 24.2 Å². The van der Waals surface area contributed by atoms with Gasteiger partial charge in [-0.3, -0.25) is 9.59 Å². The summed E-state index contributed by atoms with van der Waals surface area (Å²) in [5.41, 5.74) is 0. The van der Waals surface area contributed by atoms with Crippen LogP contribution in [0.4, 0.5) is 0 Å². The standard InChI is InChI=1S/C39H68O5/c1-3-5-7-9-11-13-14-15-16-17-18-19-20-21-22-23-24-26-28-30-32-34-39(42)44-37(35-40)36-43-38(41)33-31-29-27-25-12-10-8-6-4-2/h5,7,11,13,15-16,18-19,37,40H,3-4,6,8-10,12,14,17,20-36H2,1-2H3/b7-5-,13-11-,16-15-,19-18-. The molecule has 0 aliphatic heterocycles. The molecule has 0 bridgehead atoms. The second kappa shape index (κ2) is 35.3. The van der Waals surface area contributed by atoms with Crippen molar-refractivity contribution in [3.05, 3.63) is 48.6 Å². The highest BCUT2D eigenvalue weighted by atomic mass is 16.6. The molecule has 1 N–H and O–H groups in total. The number of allylic oxidation sites excluding steroid dienone is 8. The minimum atomic E-state index is -0.772. The fourth-order valence-corrected chi connectivity index (χ4v) is 4.90. The van der Waals surface area contributed by atoms with Gasteiger partial charge in [-0.15, -0.1) is 0 Å². The van der Waals surface area contributed by atoms with Gasteiger partial charge in [0.15, 0.2) is 6.10 Å². The Kier molecular flexibility index (Phi) is 33.6. The molecule has 0 rings (SSSR count). The molecule has 0 amide bonds. The maximum atomic E-state index is 12.1. The van der Waals surface area contributed by atoms with Crippen molar-refractivity contribution in [2.45, 2.75) is 174 Å². The largest absolute Gasteiger partial charge is 0.462 e. The number of ether oxygens (including phenoxy) is 2. The molecule has 5 nitrogen and oxygen atoms in total. The molecule has 0 aromatic heterocycles. The van der Waals surface area contributed by atoms with E-state index in [0.29, 0.717) is 12.8 Å². The van der Waals surface area contributed by atoms with E-state index in [9.17, 15) is 14.7 Å². The molecule has 0 fully saturated rings. The Morgan fingerprint density at radius 2 is 0.977 bits per heavy atom. The van der Waals surface area contributed by atoms with Crippen molar-refractivity contribution in [3.63, 3.8) is 0 Å². The summed E-state index contributed by atoms with van der Waals surface area (Å²) < 4.78 is 10.5. The first kappa shape index (κ1) is 41.9. The van der Waals surface area contributed by atoms with Crippen LogP contribution in [0.3, 0.4) is 0 Å². The molecule has 254 valence electrons. The van der Waals surface area contributed by atoms with Gasteiger partial charge in [0.25, 0.3) is 0 Å². The first-order valence-electron chi connectivity index (χ1n) is 18.2. The highest BCUT2D eigenvalue weighted by Gasteiger charge is 2.16. The summed E-state index contributed by atoms with van der Waals surface area (Å²) in [4.78, 5) is 24.1. The van der Waals surface area contributed by atoms with Gasteiger partial charge >= 0.3 is 11.9 Å². The summed E-state index contributed by atoms with van der Waals surface area (Å²) in [5.74, 6) is -0.605. The Morgan fingerprint density at radius 1 is 0.545 bits per heavy atom. The molecule has 5 heteroatoms. The van der Waals surface area contributed by atoms with Crippen LogP contribution < -0.4 is 0 Å². The summed E-state index contributed by atoms with van der Waals surface area (Å²) in [5, 5.41) is 9.51. The summed E-state index contributed by atoms with van der Waals surface area (Å²) in [6.45, 7) is 3.98. The zero-order valence-electron chi connectivity index (χ0n) is 28.7. The number of aliphatic hydroxyl groups is 1. The molecule has 0 saturated carbocycles. The molecule has 0 aromatic rings. The number of carbonyl (C=O) groups is 2. The number of hydrogen-bond acceptors (Lipinski definition) is 5. The van der Waals surface area contributed by atoms with Crippen LogP contribution in [0, 0.1) is 0 Å². The third-order valence-corrected chi connectivity index (χ3v) is 7.64. The molecule has 0 saturated heterocycles. The Labute approximate surface area is 271 Å². The van der Waals surface area contributed by atoms with Gasteiger partial charge in [0.1, 0.15) is 6.61 Å². The van der Waals surface area contributed by atoms with E-state index in [-0.39, 0.29) is 25.2 Å². The van der Waals surface area contributed by atoms with Gasteiger partial charge in [-0.2, -0.15) is 0 Å². The molecular weight excluding hydrogens is 548 g/mol. The van der Waals surface area contributed by atoms with Crippen molar-refractivity contribution in [3.8, 4) is 0 Å². The minimum Gasteiger partial charge on any atom is -0.462 e. The van der Waals surface area contributed by atoms with E-state index < -0.39 is 6.10 Å². The van der Waals surface area contributed by atoms with E-state index in [2.05, 4.69) is 62.5 Å². The van der Waals surface area contributed by atoms with Crippen molar-refractivity contribution in [2.24, 2.45) is 0 Å². The molecule has 44 heavy (non-hydrogen) atoms. The van der Waals surface area contributed by atoms with Gasteiger partial charge < -0.3 is 14.6 Å². The van der Waals surface area contributed by atoms with Crippen LogP contribution >= 0.6 is 0 Å². The Morgan fingerprint density at radius 3 is 1.48 bits per heavy atom. The van der Waals surface area contributed by atoms with Crippen LogP contribution in [0.2, 0.25) is 0 Å². The summed E-state index contributed by atoms with van der Waals surface area (Å²) in [7, 11) is 0. The normalized spacial score (nSPS) is 12.7. The number of rotatable bonds is 32. The predicted octanol–water partition coefficient (Wildman–Crippen LogP) is 11.1. The molecule has 1 unspecified atom stereocenters. The average Bonchev–Trinajstić information content (AvgIpc) is 3.02. The van der Waals surface area contributed by atoms with Gasteiger partial charge in [0.2, 0.25) is 0 Å². The Hall–Kier alpha value is -2.14. The van der Waals surface area contributed by atoms with Gasteiger partial charge in [0, 0.05) is 12.8 Å². The third-order valence-electron chi connectivity index (χ3n) is 7.64. The molecule has 0 heterocycles. The molecule has 0 aromatic carbocycles. The maximum Gasteiger partial charge on any atom is 0.306 e. The van der Waals surface area contributed by atoms with Crippen molar-refractivity contribution >= 4 is 11.9 Å². The van der Waals surface area contributed by atoms with E-state index in [1.54, 1.807) is 0 Å². The predicted molar refractivity (Wildman–Crippen MR) is 187 cm³/mol. The van der Waals surface area contributed by atoms with Crippen molar-refractivity contribution in [1.29, 1.82) is 0 Å². The van der Waals surface area contributed by atoms with Crippen LogP contribution in [0.25, 0.3) is 0 Å². The fourth-order valence-electron chi connectivity index (χ4n) is 4.90. The SMILES string of the molecule is CC/C=C\C/C=C\C/C=C\C/C=C\CCCCCCCCCCC(=O)OC(CO)COC(=O)CCCCCCCCCCC. The lowest BCUT2D eigenvalue weighted by Gasteiger charge is -2.15. The van der Waals surface area contributed by atoms with Crippen LogP contribution in [-0.2, 0) is 19.1 Å². The first-order valence-corrected chi connectivity index (χ1v) is 18.2. The Bertz CT molecular complexity index is 752. The number of carbonyl (C=O) groups excluding carboxylic acids is 2. The average molecular weight is 617 g/mol. The van der Waals surface area contributed by atoms with Crippen LogP contribution in [0.5, 0.6) is 0 Å². The van der Waals surface area contributed by atoms with Crippen LogP contribution in [0.1, 0.15) is 168 Å². The highest BCUT2D eigenvalue weighted by Crippen LogP contribution is 2.13. The number of hydrogen-bond donors (Lipinski definition) is 1. The van der Waals surface area contributed by atoms with Gasteiger partial charge in [0.05, 0.1) is 6.61 Å². The van der Waals surface area contributed by atoms with Crippen LogP contribution in [0.15, 0.2) is 48.6 Å². The maximum absolute atomic E-state index is 12.1. The van der Waals surface area contributed by atoms with Crippen LogP contribution in [-0.4, -0.2) is 36.4 Å². The van der Waals surface area contributed by atoms with Crippen molar-refractivity contribution in [1.82, 2.24) is 0 Å².